The lowest BCUT2D eigenvalue weighted by molar-refractivity contribution is 0.0948. The summed E-state index contributed by atoms with van der Waals surface area (Å²) < 4.78 is 1.74. The molecule has 17 heavy (non-hydrogen) atoms. The quantitative estimate of drug-likeness (QED) is 0.880. The summed E-state index contributed by atoms with van der Waals surface area (Å²) in [6.45, 7) is 3.42. The Kier molecular flexibility index (Phi) is 3.93. The number of nitrogens with one attached hydrogen (secondary N) is 1. The van der Waals surface area contributed by atoms with Crippen LogP contribution in [0.15, 0.2) is 29.8 Å². The van der Waals surface area contributed by atoms with Crippen LogP contribution in [0, 0.1) is 0 Å². The van der Waals surface area contributed by atoms with Crippen LogP contribution in [-0.4, -0.2) is 22.2 Å². The average molecular weight is 249 g/mol. The third kappa shape index (κ3) is 3.17. The summed E-state index contributed by atoms with van der Waals surface area (Å²) in [4.78, 5) is 13.0. The summed E-state index contributed by atoms with van der Waals surface area (Å²) in [5, 5.41) is 9.06. The molecule has 4 nitrogen and oxygen atoms in total. The largest absolute Gasteiger partial charge is 0.350 e. The van der Waals surface area contributed by atoms with Crippen LogP contribution in [-0.2, 0) is 13.0 Å². The molecule has 0 fully saturated rings. The monoisotopic (exact) mass is 249 g/mol. The van der Waals surface area contributed by atoms with E-state index in [-0.39, 0.29) is 5.91 Å². The zero-order valence-corrected chi connectivity index (χ0v) is 10.5. The summed E-state index contributed by atoms with van der Waals surface area (Å²) in [6, 6.07) is 5.83. The van der Waals surface area contributed by atoms with Crippen LogP contribution in [0.1, 0.15) is 22.3 Å². The SMILES string of the molecule is CCn1ccc(C(=O)NCCc2cccs2)n1. The van der Waals surface area contributed by atoms with E-state index in [0.717, 1.165) is 13.0 Å². The Labute approximate surface area is 104 Å². The molecule has 0 saturated carbocycles. The topological polar surface area (TPSA) is 46.9 Å². The lowest BCUT2D eigenvalue weighted by Gasteiger charge is -2.01. The van der Waals surface area contributed by atoms with Crippen molar-refractivity contribution in [3.8, 4) is 0 Å². The zero-order valence-electron chi connectivity index (χ0n) is 9.72. The molecular weight excluding hydrogens is 234 g/mol. The molecular formula is C12H15N3OS. The first kappa shape index (κ1) is 11.9. The highest BCUT2D eigenvalue weighted by Gasteiger charge is 2.08. The molecule has 0 atom stereocenters. The van der Waals surface area contributed by atoms with E-state index in [0.29, 0.717) is 12.2 Å². The van der Waals surface area contributed by atoms with Crippen LogP contribution < -0.4 is 5.32 Å². The molecule has 0 bridgehead atoms. The van der Waals surface area contributed by atoms with Gasteiger partial charge in [0, 0.05) is 24.2 Å². The minimum atomic E-state index is -0.103. The molecule has 2 rings (SSSR count). The third-order valence-corrected chi connectivity index (χ3v) is 3.37. The number of carbonyl (C=O) groups is 1. The number of hydrogen-bond acceptors (Lipinski definition) is 3. The van der Waals surface area contributed by atoms with Gasteiger partial charge in [-0.1, -0.05) is 6.07 Å². The molecule has 0 aliphatic carbocycles. The van der Waals surface area contributed by atoms with Crippen molar-refractivity contribution in [2.24, 2.45) is 0 Å². The molecule has 0 saturated heterocycles. The van der Waals surface area contributed by atoms with Gasteiger partial charge in [-0.2, -0.15) is 5.10 Å². The summed E-state index contributed by atoms with van der Waals surface area (Å²) in [5.74, 6) is -0.103. The highest BCUT2D eigenvalue weighted by Crippen LogP contribution is 2.08. The van der Waals surface area contributed by atoms with Gasteiger partial charge in [0.1, 0.15) is 5.69 Å². The maximum absolute atomic E-state index is 11.7. The van der Waals surface area contributed by atoms with E-state index in [1.807, 2.05) is 24.6 Å². The molecule has 1 amide bonds. The summed E-state index contributed by atoms with van der Waals surface area (Å²) in [7, 11) is 0. The van der Waals surface area contributed by atoms with Gasteiger partial charge in [-0.25, -0.2) is 0 Å². The molecule has 1 N–H and O–H groups in total. The van der Waals surface area contributed by atoms with Crippen molar-refractivity contribution in [3.05, 3.63) is 40.3 Å². The number of carbonyl (C=O) groups excluding carboxylic acids is 1. The van der Waals surface area contributed by atoms with E-state index in [4.69, 9.17) is 0 Å². The first-order valence-corrected chi connectivity index (χ1v) is 6.51. The van der Waals surface area contributed by atoms with Gasteiger partial charge < -0.3 is 5.32 Å². The van der Waals surface area contributed by atoms with Gasteiger partial charge in [-0.05, 0) is 30.9 Å². The van der Waals surface area contributed by atoms with Crippen molar-refractivity contribution in [3.63, 3.8) is 0 Å². The van der Waals surface area contributed by atoms with E-state index in [2.05, 4.69) is 16.5 Å². The molecule has 0 aliphatic heterocycles. The number of nitrogens with zero attached hydrogens (tertiary/aromatic N) is 2. The molecule has 90 valence electrons. The number of aromatic nitrogens is 2. The molecule has 2 heterocycles. The second kappa shape index (κ2) is 5.63. The molecule has 0 aromatic carbocycles. The van der Waals surface area contributed by atoms with Gasteiger partial charge in [0.05, 0.1) is 0 Å². The van der Waals surface area contributed by atoms with Gasteiger partial charge >= 0.3 is 0 Å². The second-order valence-electron chi connectivity index (χ2n) is 3.64. The Balaban J connectivity index is 1.81. The Hall–Kier alpha value is -1.62. The van der Waals surface area contributed by atoms with Crippen LogP contribution in [0.5, 0.6) is 0 Å². The second-order valence-corrected chi connectivity index (χ2v) is 4.67. The number of aryl methyl sites for hydroxylation is 1. The fourth-order valence-electron chi connectivity index (χ4n) is 1.50. The molecule has 2 aromatic heterocycles. The van der Waals surface area contributed by atoms with Crippen LogP contribution in [0.3, 0.4) is 0 Å². The predicted octanol–water partition coefficient (Wildman–Crippen LogP) is 1.94. The number of rotatable bonds is 5. The number of thiophene rings is 1. The van der Waals surface area contributed by atoms with Gasteiger partial charge in [0.15, 0.2) is 0 Å². The lowest BCUT2D eigenvalue weighted by atomic mass is 10.3. The highest BCUT2D eigenvalue weighted by atomic mass is 32.1. The number of hydrogen-bond donors (Lipinski definition) is 1. The Bertz CT molecular complexity index is 476. The maximum Gasteiger partial charge on any atom is 0.271 e. The first-order valence-electron chi connectivity index (χ1n) is 5.63. The van der Waals surface area contributed by atoms with Crippen molar-refractivity contribution in [2.75, 3.05) is 6.54 Å². The van der Waals surface area contributed by atoms with E-state index < -0.39 is 0 Å². The van der Waals surface area contributed by atoms with E-state index in [1.165, 1.54) is 4.88 Å². The minimum Gasteiger partial charge on any atom is -0.350 e. The molecule has 0 unspecified atom stereocenters. The fourth-order valence-corrected chi connectivity index (χ4v) is 2.21. The first-order chi connectivity index (χ1) is 8.29. The lowest BCUT2D eigenvalue weighted by Crippen LogP contribution is -2.26. The molecule has 0 aliphatic rings. The highest BCUT2D eigenvalue weighted by molar-refractivity contribution is 7.09. The Morgan fingerprint density at radius 3 is 3.06 bits per heavy atom. The van der Waals surface area contributed by atoms with Crippen molar-refractivity contribution in [2.45, 2.75) is 19.9 Å². The zero-order chi connectivity index (χ0) is 12.1. The number of amides is 1. The van der Waals surface area contributed by atoms with Gasteiger partial charge in [-0.15, -0.1) is 11.3 Å². The summed E-state index contributed by atoms with van der Waals surface area (Å²) in [5.41, 5.74) is 0.484. The van der Waals surface area contributed by atoms with Crippen molar-refractivity contribution in [1.82, 2.24) is 15.1 Å². The predicted molar refractivity (Wildman–Crippen MR) is 68.3 cm³/mol. The van der Waals surface area contributed by atoms with Gasteiger partial charge in [0.25, 0.3) is 5.91 Å². The van der Waals surface area contributed by atoms with Crippen LogP contribution in [0.4, 0.5) is 0 Å². The smallest absolute Gasteiger partial charge is 0.271 e. The molecule has 0 radical (unpaired) electrons. The van der Waals surface area contributed by atoms with Crippen molar-refractivity contribution in [1.29, 1.82) is 0 Å². The van der Waals surface area contributed by atoms with Crippen molar-refractivity contribution >= 4 is 17.2 Å². The third-order valence-electron chi connectivity index (χ3n) is 2.43. The standard InChI is InChI=1S/C12H15N3OS/c1-2-15-8-6-11(14-15)12(16)13-7-5-10-4-3-9-17-10/h3-4,6,8-9H,2,5,7H2,1H3,(H,13,16). The van der Waals surface area contributed by atoms with Crippen molar-refractivity contribution < 1.29 is 4.79 Å². The maximum atomic E-state index is 11.7. The summed E-state index contributed by atoms with van der Waals surface area (Å²) >= 11 is 1.71. The summed E-state index contributed by atoms with van der Waals surface area (Å²) in [6.07, 6.45) is 2.69. The van der Waals surface area contributed by atoms with Crippen LogP contribution in [0.2, 0.25) is 0 Å². The van der Waals surface area contributed by atoms with E-state index in [9.17, 15) is 4.79 Å². The fraction of sp³-hybridized carbons (Fsp3) is 0.333. The van der Waals surface area contributed by atoms with Gasteiger partial charge in [-0.3, -0.25) is 9.48 Å². The Morgan fingerprint density at radius 1 is 1.53 bits per heavy atom. The molecule has 2 aromatic rings. The Morgan fingerprint density at radius 2 is 2.41 bits per heavy atom. The van der Waals surface area contributed by atoms with E-state index >= 15 is 0 Å². The minimum absolute atomic E-state index is 0.103. The average Bonchev–Trinajstić information content (AvgIpc) is 2.99. The van der Waals surface area contributed by atoms with Crippen LogP contribution in [0.25, 0.3) is 0 Å². The molecule has 0 spiro atoms. The van der Waals surface area contributed by atoms with Gasteiger partial charge in [0.2, 0.25) is 0 Å². The molecule has 5 heteroatoms. The van der Waals surface area contributed by atoms with E-state index in [1.54, 1.807) is 22.1 Å². The van der Waals surface area contributed by atoms with Crippen LogP contribution >= 0.6 is 11.3 Å². The normalized spacial score (nSPS) is 10.4.